The lowest BCUT2D eigenvalue weighted by Crippen LogP contribution is -1.99. The molecule has 0 aliphatic rings. The minimum absolute atomic E-state index is 0.0161. The molecule has 90 valence electrons. The van der Waals surface area contributed by atoms with Crippen LogP contribution in [0, 0.1) is 4.77 Å². The smallest absolute Gasteiger partial charge is 0.195 e. The lowest BCUT2D eigenvalue weighted by molar-refractivity contribution is 0.451. The average Bonchev–Trinajstić information content (AvgIpc) is 2.62. The quantitative estimate of drug-likeness (QED) is 0.732. The van der Waals surface area contributed by atoms with Gasteiger partial charge in [-0.1, -0.05) is 6.92 Å². The summed E-state index contributed by atoms with van der Waals surface area (Å²) >= 11 is 5.12. The predicted octanol–water partition coefficient (Wildman–Crippen LogP) is 2.43. The third kappa shape index (κ3) is 2.16. The number of H-pyrrole nitrogens is 1. The van der Waals surface area contributed by atoms with Gasteiger partial charge < -0.3 is 14.8 Å². The highest BCUT2D eigenvalue weighted by Crippen LogP contribution is 2.30. The van der Waals surface area contributed by atoms with Gasteiger partial charge in [-0.2, -0.15) is 5.10 Å². The van der Waals surface area contributed by atoms with Crippen molar-refractivity contribution in [3.63, 3.8) is 0 Å². The fourth-order valence-corrected chi connectivity index (χ4v) is 1.89. The van der Waals surface area contributed by atoms with E-state index in [-0.39, 0.29) is 11.5 Å². The zero-order valence-electron chi connectivity index (χ0n) is 9.34. The van der Waals surface area contributed by atoms with Crippen molar-refractivity contribution in [2.24, 2.45) is 0 Å². The number of hydrogen-bond donors (Lipinski definition) is 3. The highest BCUT2D eigenvalue weighted by atomic mass is 32.1. The predicted molar refractivity (Wildman–Crippen MR) is 66.5 cm³/mol. The van der Waals surface area contributed by atoms with Gasteiger partial charge in [-0.3, -0.25) is 5.10 Å². The van der Waals surface area contributed by atoms with E-state index in [2.05, 4.69) is 10.2 Å². The monoisotopic (exact) mass is 251 g/mol. The summed E-state index contributed by atoms with van der Waals surface area (Å²) in [6.07, 6.45) is 0.916. The van der Waals surface area contributed by atoms with E-state index in [0.29, 0.717) is 16.2 Å². The van der Waals surface area contributed by atoms with Gasteiger partial charge in [0, 0.05) is 12.6 Å². The van der Waals surface area contributed by atoms with E-state index in [1.54, 1.807) is 6.07 Å². The Morgan fingerprint density at radius 3 is 2.82 bits per heavy atom. The Morgan fingerprint density at radius 2 is 2.18 bits per heavy atom. The number of rotatable bonds is 3. The van der Waals surface area contributed by atoms with Gasteiger partial charge in [0.15, 0.2) is 10.6 Å². The second-order valence-electron chi connectivity index (χ2n) is 3.71. The molecule has 0 amide bonds. The van der Waals surface area contributed by atoms with E-state index < -0.39 is 0 Å². The van der Waals surface area contributed by atoms with Crippen molar-refractivity contribution < 1.29 is 10.2 Å². The number of phenolic OH excluding ortho intramolecular Hbond substituents is 2. The summed E-state index contributed by atoms with van der Waals surface area (Å²) in [5.41, 5.74) is 0.545. The molecule has 5 nitrogen and oxygen atoms in total. The largest absolute Gasteiger partial charge is 0.508 e. The first-order valence-corrected chi connectivity index (χ1v) is 5.72. The maximum atomic E-state index is 9.79. The first kappa shape index (κ1) is 11.7. The molecule has 3 N–H and O–H groups in total. The van der Waals surface area contributed by atoms with Gasteiger partial charge in [0.1, 0.15) is 11.5 Å². The number of nitrogens with zero attached hydrogens (tertiary/aromatic N) is 2. The van der Waals surface area contributed by atoms with Crippen LogP contribution in [-0.4, -0.2) is 25.0 Å². The van der Waals surface area contributed by atoms with Crippen LogP contribution in [0.2, 0.25) is 0 Å². The maximum Gasteiger partial charge on any atom is 0.195 e. The number of aromatic nitrogens is 3. The first-order chi connectivity index (χ1) is 8.13. The molecule has 0 spiro atoms. The van der Waals surface area contributed by atoms with Crippen molar-refractivity contribution in [3.8, 4) is 22.9 Å². The minimum atomic E-state index is -0.0173. The Labute approximate surface area is 103 Å². The summed E-state index contributed by atoms with van der Waals surface area (Å²) in [4.78, 5) is 0. The molecule has 0 unspecified atom stereocenters. The van der Waals surface area contributed by atoms with Crippen molar-refractivity contribution in [2.45, 2.75) is 19.9 Å². The van der Waals surface area contributed by atoms with Gasteiger partial charge in [-0.05, 0) is 30.8 Å². The standard InChI is InChI=1S/C11H13N3O2S/c1-2-5-14-10(12-13-11(14)17)8-4-3-7(15)6-9(8)16/h3-4,6,15-16H,2,5H2,1H3,(H,13,17). The molecule has 0 atom stereocenters. The van der Waals surface area contributed by atoms with Crippen LogP contribution in [-0.2, 0) is 6.54 Å². The summed E-state index contributed by atoms with van der Waals surface area (Å²) in [5, 5.41) is 25.8. The topological polar surface area (TPSA) is 74.1 Å². The molecule has 1 aromatic carbocycles. The summed E-state index contributed by atoms with van der Waals surface area (Å²) < 4.78 is 2.34. The van der Waals surface area contributed by atoms with E-state index in [1.807, 2.05) is 11.5 Å². The lowest BCUT2D eigenvalue weighted by Gasteiger charge is -2.07. The van der Waals surface area contributed by atoms with Gasteiger partial charge in [0.25, 0.3) is 0 Å². The van der Waals surface area contributed by atoms with Crippen molar-refractivity contribution in [3.05, 3.63) is 23.0 Å². The number of phenols is 2. The summed E-state index contributed by atoms with van der Waals surface area (Å²) in [5.74, 6) is 0.577. The van der Waals surface area contributed by atoms with Crippen LogP contribution in [0.1, 0.15) is 13.3 Å². The van der Waals surface area contributed by atoms with Crippen LogP contribution >= 0.6 is 12.2 Å². The van der Waals surface area contributed by atoms with Gasteiger partial charge in [-0.25, -0.2) is 0 Å². The normalized spacial score (nSPS) is 10.6. The lowest BCUT2D eigenvalue weighted by atomic mass is 10.2. The van der Waals surface area contributed by atoms with Crippen molar-refractivity contribution in [1.82, 2.24) is 14.8 Å². The van der Waals surface area contributed by atoms with Crippen molar-refractivity contribution in [2.75, 3.05) is 0 Å². The van der Waals surface area contributed by atoms with Crippen LogP contribution in [0.25, 0.3) is 11.4 Å². The van der Waals surface area contributed by atoms with Gasteiger partial charge in [-0.15, -0.1) is 0 Å². The second-order valence-corrected chi connectivity index (χ2v) is 4.09. The molecule has 0 bridgehead atoms. The molecule has 1 heterocycles. The Morgan fingerprint density at radius 1 is 1.41 bits per heavy atom. The van der Waals surface area contributed by atoms with Crippen LogP contribution < -0.4 is 0 Å². The molecular weight excluding hydrogens is 238 g/mol. The molecular formula is C11H13N3O2S. The van der Waals surface area contributed by atoms with Gasteiger partial charge in [0.2, 0.25) is 0 Å². The summed E-state index contributed by atoms with van der Waals surface area (Å²) in [7, 11) is 0. The second kappa shape index (κ2) is 4.58. The Kier molecular flexibility index (Phi) is 3.14. The zero-order chi connectivity index (χ0) is 12.4. The molecule has 0 radical (unpaired) electrons. The average molecular weight is 251 g/mol. The van der Waals surface area contributed by atoms with Gasteiger partial charge >= 0.3 is 0 Å². The Balaban J connectivity index is 2.56. The molecule has 0 saturated carbocycles. The molecule has 1 aromatic heterocycles. The molecule has 0 fully saturated rings. The number of benzene rings is 1. The number of hydrogen-bond acceptors (Lipinski definition) is 4. The first-order valence-electron chi connectivity index (χ1n) is 5.31. The van der Waals surface area contributed by atoms with E-state index in [9.17, 15) is 10.2 Å². The maximum absolute atomic E-state index is 9.79. The molecule has 6 heteroatoms. The fraction of sp³-hybridized carbons (Fsp3) is 0.273. The van der Waals surface area contributed by atoms with Crippen LogP contribution in [0.4, 0.5) is 0 Å². The Hall–Kier alpha value is -1.82. The van der Waals surface area contributed by atoms with E-state index in [1.165, 1.54) is 12.1 Å². The third-order valence-electron chi connectivity index (χ3n) is 2.43. The zero-order valence-corrected chi connectivity index (χ0v) is 10.2. The van der Waals surface area contributed by atoms with Crippen LogP contribution in [0.5, 0.6) is 11.5 Å². The third-order valence-corrected chi connectivity index (χ3v) is 2.74. The van der Waals surface area contributed by atoms with E-state index in [0.717, 1.165) is 13.0 Å². The van der Waals surface area contributed by atoms with Crippen LogP contribution in [0.3, 0.4) is 0 Å². The number of aromatic hydroxyl groups is 2. The molecule has 0 aliphatic carbocycles. The van der Waals surface area contributed by atoms with Crippen molar-refractivity contribution in [1.29, 1.82) is 0 Å². The molecule has 2 aromatic rings. The highest BCUT2D eigenvalue weighted by molar-refractivity contribution is 7.71. The van der Waals surface area contributed by atoms with E-state index in [4.69, 9.17) is 12.2 Å². The summed E-state index contributed by atoms with van der Waals surface area (Å²) in [6, 6.07) is 4.40. The summed E-state index contributed by atoms with van der Waals surface area (Å²) in [6.45, 7) is 2.76. The molecule has 0 aliphatic heterocycles. The SMILES string of the molecule is CCCn1c(-c2ccc(O)cc2O)n[nH]c1=S. The number of nitrogens with one attached hydrogen (secondary N) is 1. The van der Waals surface area contributed by atoms with Crippen LogP contribution in [0.15, 0.2) is 18.2 Å². The molecule has 0 saturated heterocycles. The Bertz CT molecular complexity index is 589. The van der Waals surface area contributed by atoms with Crippen molar-refractivity contribution >= 4 is 12.2 Å². The highest BCUT2D eigenvalue weighted by Gasteiger charge is 2.12. The fourth-order valence-electron chi connectivity index (χ4n) is 1.66. The number of aromatic amines is 1. The molecule has 17 heavy (non-hydrogen) atoms. The van der Waals surface area contributed by atoms with Gasteiger partial charge in [0.05, 0.1) is 5.56 Å². The minimum Gasteiger partial charge on any atom is -0.508 e. The molecule has 2 rings (SSSR count). The van der Waals surface area contributed by atoms with E-state index >= 15 is 0 Å².